The van der Waals surface area contributed by atoms with Crippen LogP contribution in [0.25, 0.3) is 0 Å². The fraction of sp³-hybridized carbons (Fsp3) is 0.833. The summed E-state index contributed by atoms with van der Waals surface area (Å²) in [6.45, 7) is 3.33. The molecule has 9 heavy (non-hydrogen) atoms. The summed E-state index contributed by atoms with van der Waals surface area (Å²) in [5, 5.41) is 0.0162. The molecule has 0 amide bonds. The van der Waals surface area contributed by atoms with E-state index in [4.69, 9.17) is 0 Å². The Morgan fingerprint density at radius 1 is 1.67 bits per heavy atom. The van der Waals surface area contributed by atoms with Crippen LogP contribution in [-0.2, 0) is 15.6 Å². The zero-order chi connectivity index (χ0) is 7.44. The number of hydrogen-bond acceptors (Lipinski definition) is 2. The van der Waals surface area contributed by atoms with Crippen molar-refractivity contribution in [2.75, 3.05) is 6.26 Å². The Bertz CT molecular complexity index is 131. The third-order valence-electron chi connectivity index (χ3n) is 1.14. The van der Waals surface area contributed by atoms with Gasteiger partial charge in [0.25, 0.3) is 0 Å². The van der Waals surface area contributed by atoms with Gasteiger partial charge in [0.15, 0.2) is 0 Å². The van der Waals surface area contributed by atoms with E-state index >= 15 is 0 Å². The molecule has 0 fully saturated rings. The lowest BCUT2D eigenvalue weighted by molar-refractivity contribution is -0.116. The number of carbonyl (C=O) groups excluding carboxylic acids is 1. The third-order valence-corrected chi connectivity index (χ3v) is 2.44. The van der Waals surface area contributed by atoms with Crippen molar-refractivity contribution in [1.29, 1.82) is 0 Å². The van der Waals surface area contributed by atoms with E-state index < -0.39 is 10.8 Å². The number of Topliss-reactive ketones (excluding diaryl/α,β-unsaturated/α-hetero) is 1. The molecule has 2 nitrogen and oxygen atoms in total. The molecular formula is C6H12O2S. The first-order valence-corrected chi connectivity index (χ1v) is 4.48. The maximum absolute atomic E-state index is 10.6. The lowest BCUT2D eigenvalue weighted by atomic mass is 10.2. The molecule has 0 aromatic heterocycles. The Kier molecular flexibility index (Phi) is 3.70. The van der Waals surface area contributed by atoms with Gasteiger partial charge < -0.3 is 0 Å². The minimum atomic E-state index is -0.852. The van der Waals surface area contributed by atoms with Crippen molar-refractivity contribution in [1.82, 2.24) is 0 Å². The van der Waals surface area contributed by atoms with Gasteiger partial charge in [-0.2, -0.15) is 0 Å². The summed E-state index contributed by atoms with van der Waals surface area (Å²) in [7, 11) is -0.852. The van der Waals surface area contributed by atoms with E-state index in [1.54, 1.807) is 6.26 Å². The molecule has 0 spiro atoms. The van der Waals surface area contributed by atoms with Crippen LogP contribution in [0.15, 0.2) is 0 Å². The van der Waals surface area contributed by atoms with Gasteiger partial charge >= 0.3 is 0 Å². The molecule has 0 rings (SSSR count). The van der Waals surface area contributed by atoms with Crippen molar-refractivity contribution in [3.05, 3.63) is 0 Å². The minimum Gasteiger partial charge on any atom is -0.300 e. The molecule has 0 N–H and O–H groups in total. The lowest BCUT2D eigenvalue weighted by Crippen LogP contribution is -2.12. The highest BCUT2D eigenvalue weighted by atomic mass is 32.2. The van der Waals surface area contributed by atoms with Crippen LogP contribution in [-0.4, -0.2) is 21.5 Å². The maximum atomic E-state index is 10.6. The summed E-state index contributed by atoms with van der Waals surface area (Å²) in [6.07, 6.45) is 2.05. The average Bonchev–Trinajstić information content (AvgIpc) is 1.63. The van der Waals surface area contributed by atoms with E-state index in [1.165, 1.54) is 6.92 Å². The summed E-state index contributed by atoms with van der Waals surface area (Å²) in [5.74, 6) is 0.109. The largest absolute Gasteiger partial charge is 0.300 e. The van der Waals surface area contributed by atoms with Gasteiger partial charge in [-0.1, -0.05) is 6.92 Å². The zero-order valence-corrected chi connectivity index (χ0v) is 6.83. The van der Waals surface area contributed by atoms with Crippen LogP contribution in [0.4, 0.5) is 0 Å². The molecule has 0 saturated heterocycles. The van der Waals surface area contributed by atoms with Crippen molar-refractivity contribution < 1.29 is 9.00 Å². The topological polar surface area (TPSA) is 34.1 Å². The predicted octanol–water partition coefficient (Wildman–Crippen LogP) is 0.733. The van der Waals surface area contributed by atoms with E-state index in [9.17, 15) is 9.00 Å². The maximum Gasteiger partial charge on any atom is 0.131 e. The molecule has 0 bridgehead atoms. The zero-order valence-electron chi connectivity index (χ0n) is 6.01. The van der Waals surface area contributed by atoms with E-state index in [0.717, 1.165) is 0 Å². The molecule has 0 aliphatic carbocycles. The van der Waals surface area contributed by atoms with E-state index in [2.05, 4.69) is 0 Å². The molecule has 0 aliphatic heterocycles. The van der Waals surface area contributed by atoms with Crippen molar-refractivity contribution in [3.8, 4) is 0 Å². The molecule has 2 atom stereocenters. The first kappa shape index (κ1) is 8.82. The Morgan fingerprint density at radius 2 is 2.11 bits per heavy atom. The normalized spacial score (nSPS) is 16.8. The highest BCUT2D eigenvalue weighted by Crippen LogP contribution is 1.98. The van der Waals surface area contributed by atoms with Gasteiger partial charge in [0.05, 0.1) is 0 Å². The van der Waals surface area contributed by atoms with Crippen molar-refractivity contribution >= 4 is 16.6 Å². The van der Waals surface area contributed by atoms with Crippen LogP contribution in [0.5, 0.6) is 0 Å². The molecule has 0 aromatic rings. The Hall–Kier alpha value is -0.180. The van der Waals surface area contributed by atoms with Crippen LogP contribution in [0, 0.1) is 0 Å². The summed E-state index contributed by atoms with van der Waals surface area (Å²) in [4.78, 5) is 10.4. The van der Waals surface area contributed by atoms with Crippen LogP contribution in [0.1, 0.15) is 20.3 Å². The first-order valence-electron chi connectivity index (χ1n) is 2.85. The van der Waals surface area contributed by atoms with Crippen LogP contribution in [0.3, 0.4) is 0 Å². The summed E-state index contributed by atoms with van der Waals surface area (Å²) in [5.41, 5.74) is 0. The fourth-order valence-electron chi connectivity index (χ4n) is 0.522. The highest BCUT2D eigenvalue weighted by molar-refractivity contribution is 7.84. The highest BCUT2D eigenvalue weighted by Gasteiger charge is 2.07. The van der Waals surface area contributed by atoms with Crippen LogP contribution >= 0.6 is 0 Å². The SMILES string of the molecule is CC(=O)CC(C)S(C)=O. The quantitative estimate of drug-likeness (QED) is 0.591. The molecule has 0 heterocycles. The number of hydrogen-bond donors (Lipinski definition) is 0. The Labute approximate surface area is 58.1 Å². The number of ketones is 1. The van der Waals surface area contributed by atoms with Gasteiger partial charge in [0, 0.05) is 28.7 Å². The summed E-state index contributed by atoms with van der Waals surface area (Å²) < 4.78 is 10.6. The van der Waals surface area contributed by atoms with Crippen LogP contribution < -0.4 is 0 Å². The Balaban J connectivity index is 3.63. The van der Waals surface area contributed by atoms with E-state index in [1.807, 2.05) is 6.92 Å². The molecule has 0 aromatic carbocycles. The van der Waals surface area contributed by atoms with E-state index in [0.29, 0.717) is 6.42 Å². The Morgan fingerprint density at radius 3 is 2.22 bits per heavy atom. The number of rotatable bonds is 3. The molecule has 0 saturated carbocycles. The van der Waals surface area contributed by atoms with Gasteiger partial charge in [-0.25, -0.2) is 0 Å². The van der Waals surface area contributed by atoms with E-state index in [-0.39, 0.29) is 11.0 Å². The second kappa shape index (κ2) is 3.77. The minimum absolute atomic E-state index is 0.0162. The molecule has 0 radical (unpaired) electrons. The molecular weight excluding hydrogens is 136 g/mol. The average molecular weight is 148 g/mol. The number of carbonyl (C=O) groups is 1. The molecule has 2 unspecified atom stereocenters. The van der Waals surface area contributed by atoms with Gasteiger partial charge in [0.2, 0.25) is 0 Å². The van der Waals surface area contributed by atoms with Gasteiger partial charge in [-0.05, 0) is 6.92 Å². The van der Waals surface area contributed by atoms with Crippen LogP contribution in [0.2, 0.25) is 0 Å². The molecule has 54 valence electrons. The van der Waals surface area contributed by atoms with Gasteiger partial charge in [0.1, 0.15) is 5.78 Å². The van der Waals surface area contributed by atoms with Crippen molar-refractivity contribution in [2.24, 2.45) is 0 Å². The third kappa shape index (κ3) is 4.33. The lowest BCUT2D eigenvalue weighted by Gasteiger charge is -2.02. The van der Waals surface area contributed by atoms with Gasteiger partial charge in [-0.15, -0.1) is 0 Å². The second-order valence-electron chi connectivity index (χ2n) is 2.22. The monoisotopic (exact) mass is 148 g/mol. The van der Waals surface area contributed by atoms with Crippen molar-refractivity contribution in [3.63, 3.8) is 0 Å². The van der Waals surface area contributed by atoms with Gasteiger partial charge in [-0.3, -0.25) is 9.00 Å². The summed E-state index contributed by atoms with van der Waals surface area (Å²) in [6, 6.07) is 0. The second-order valence-corrected chi connectivity index (χ2v) is 4.02. The predicted molar refractivity (Wildman–Crippen MR) is 38.8 cm³/mol. The van der Waals surface area contributed by atoms with Crippen molar-refractivity contribution in [2.45, 2.75) is 25.5 Å². The molecule has 0 aliphatic rings. The summed E-state index contributed by atoms with van der Waals surface area (Å²) >= 11 is 0. The standard InChI is InChI=1S/C6H12O2S/c1-5(7)4-6(2)9(3)8/h6H,4H2,1-3H3. The first-order chi connectivity index (χ1) is 4.04. The smallest absolute Gasteiger partial charge is 0.131 e. The molecule has 3 heteroatoms. The fourth-order valence-corrected chi connectivity index (χ4v) is 0.992.